The molecule has 0 N–H and O–H groups in total. The molecule has 4 heterocycles. The maximum atomic E-state index is 15.0. The lowest BCUT2D eigenvalue weighted by Crippen LogP contribution is -2.60. The average Bonchev–Trinajstić information content (AvgIpc) is 2.61. The molecule has 140 valence electrons. The van der Waals surface area contributed by atoms with E-state index in [-0.39, 0.29) is 34.0 Å². The molecule has 0 saturated carbocycles. The number of sulfone groups is 1. The normalized spacial score (nSPS) is 27.6. The van der Waals surface area contributed by atoms with Crippen LogP contribution in [0.15, 0.2) is 22.3 Å². The van der Waals surface area contributed by atoms with Crippen molar-refractivity contribution in [3.05, 3.63) is 29.5 Å². The van der Waals surface area contributed by atoms with Gasteiger partial charge in [0.25, 0.3) is 0 Å². The molecule has 2 unspecified atom stereocenters. The Bertz CT molecular complexity index is 958. The van der Waals surface area contributed by atoms with E-state index in [1.54, 1.807) is 11.9 Å². The minimum absolute atomic E-state index is 0.0343. The highest BCUT2D eigenvalue weighted by Gasteiger charge is 2.46. The molecule has 3 aliphatic rings. The first kappa shape index (κ1) is 17.4. The summed E-state index contributed by atoms with van der Waals surface area (Å²) in [6, 6.07) is -0.268. The first-order valence-electron chi connectivity index (χ1n) is 8.53. The minimum Gasteiger partial charge on any atom is -0.347 e. The van der Waals surface area contributed by atoms with E-state index in [2.05, 4.69) is 21.5 Å². The van der Waals surface area contributed by atoms with E-state index < -0.39 is 15.7 Å². The van der Waals surface area contributed by atoms with Crippen molar-refractivity contribution in [2.24, 2.45) is 4.99 Å². The summed E-state index contributed by atoms with van der Waals surface area (Å²) in [5.41, 5.74) is 0.329. The van der Waals surface area contributed by atoms with Crippen molar-refractivity contribution < 1.29 is 12.8 Å². The summed E-state index contributed by atoms with van der Waals surface area (Å²) in [5.74, 6) is 0.392. The number of nitrogens with zero attached hydrogens (tertiary/aromatic N) is 5. The lowest BCUT2D eigenvalue weighted by molar-refractivity contribution is 0.115. The number of piperazine rings is 1. The second kappa shape index (κ2) is 5.50. The number of aromatic nitrogens is 1. The van der Waals surface area contributed by atoms with Crippen LogP contribution in [0.3, 0.4) is 0 Å². The van der Waals surface area contributed by atoms with E-state index in [1.165, 1.54) is 6.92 Å². The fourth-order valence-corrected chi connectivity index (χ4v) is 6.06. The number of aliphatic imine (C=N–C) groups is 1. The molecule has 1 aromatic rings. The molecule has 0 amide bonds. The molecule has 2 atom stereocenters. The molecule has 26 heavy (non-hydrogen) atoms. The van der Waals surface area contributed by atoms with E-state index >= 15 is 0 Å². The van der Waals surface area contributed by atoms with Gasteiger partial charge in [0.2, 0.25) is 0 Å². The summed E-state index contributed by atoms with van der Waals surface area (Å²) < 4.78 is 41.3. The highest BCUT2D eigenvalue weighted by atomic mass is 32.2. The van der Waals surface area contributed by atoms with Gasteiger partial charge in [0.15, 0.2) is 15.7 Å². The van der Waals surface area contributed by atoms with Crippen molar-refractivity contribution in [3.63, 3.8) is 0 Å². The van der Waals surface area contributed by atoms with Crippen LogP contribution in [0.2, 0.25) is 0 Å². The topological polar surface area (TPSA) is 69.1 Å². The van der Waals surface area contributed by atoms with Gasteiger partial charge in [-0.05, 0) is 20.9 Å². The Morgan fingerprint density at radius 1 is 1.27 bits per heavy atom. The zero-order valence-electron chi connectivity index (χ0n) is 15.3. The number of halogens is 1. The number of amidine groups is 1. The second-order valence-corrected chi connectivity index (χ2v) is 9.33. The monoisotopic (exact) mass is 379 g/mol. The van der Waals surface area contributed by atoms with E-state index in [9.17, 15) is 12.8 Å². The fraction of sp³-hybridized carbons (Fsp3) is 0.529. The van der Waals surface area contributed by atoms with Gasteiger partial charge in [-0.3, -0.25) is 0 Å². The molecule has 1 aromatic heterocycles. The summed E-state index contributed by atoms with van der Waals surface area (Å²) >= 11 is 0. The maximum absolute atomic E-state index is 15.0. The molecule has 0 bridgehead atoms. The minimum atomic E-state index is -3.84. The summed E-state index contributed by atoms with van der Waals surface area (Å²) in [7, 11) is -0.165. The third-order valence-electron chi connectivity index (χ3n) is 5.34. The Morgan fingerprint density at radius 3 is 2.65 bits per heavy atom. The van der Waals surface area contributed by atoms with Gasteiger partial charge >= 0.3 is 0 Å². The van der Waals surface area contributed by atoms with Gasteiger partial charge in [-0.2, -0.15) is 0 Å². The van der Waals surface area contributed by atoms with Crippen molar-refractivity contribution in [1.29, 1.82) is 0 Å². The van der Waals surface area contributed by atoms with Crippen LogP contribution in [0.4, 0.5) is 10.2 Å². The lowest BCUT2D eigenvalue weighted by Gasteiger charge is -2.46. The molecule has 1 fully saturated rings. The second-order valence-electron chi connectivity index (χ2n) is 7.36. The highest BCUT2D eigenvalue weighted by Crippen LogP contribution is 2.39. The van der Waals surface area contributed by atoms with Crippen LogP contribution in [0, 0.1) is 12.7 Å². The maximum Gasteiger partial charge on any atom is 0.184 e. The molecule has 7 nitrogen and oxygen atoms in total. The molecule has 0 spiro atoms. The molecule has 1 saturated heterocycles. The predicted octanol–water partition coefficient (Wildman–Crippen LogP) is 0.989. The Labute approximate surface area is 152 Å². The van der Waals surface area contributed by atoms with Gasteiger partial charge < -0.3 is 14.7 Å². The van der Waals surface area contributed by atoms with Crippen molar-refractivity contribution >= 4 is 21.5 Å². The van der Waals surface area contributed by atoms with Gasteiger partial charge in [0.1, 0.15) is 22.4 Å². The summed E-state index contributed by atoms with van der Waals surface area (Å²) in [6.07, 6.45) is 0. The van der Waals surface area contributed by atoms with Crippen LogP contribution < -0.4 is 4.90 Å². The Balaban J connectivity index is 2.09. The van der Waals surface area contributed by atoms with E-state index in [0.717, 1.165) is 6.54 Å². The predicted molar refractivity (Wildman–Crippen MR) is 97.7 cm³/mol. The number of pyridine rings is 1. The number of hydrogen-bond donors (Lipinski definition) is 0. The van der Waals surface area contributed by atoms with Gasteiger partial charge in [-0.25, -0.2) is 22.8 Å². The third-order valence-corrected chi connectivity index (χ3v) is 7.17. The number of hydrogen-bond acceptors (Lipinski definition) is 7. The third kappa shape index (κ3) is 2.30. The van der Waals surface area contributed by atoms with E-state index in [4.69, 9.17) is 0 Å². The van der Waals surface area contributed by atoms with E-state index in [1.807, 2.05) is 18.9 Å². The number of likely N-dealkylation sites (N-methyl/N-ethyl adjacent to an activating group) is 1. The van der Waals surface area contributed by atoms with Crippen LogP contribution in [0.25, 0.3) is 0 Å². The molecule has 4 rings (SSSR count). The Hall–Kier alpha value is -2.00. The zero-order valence-corrected chi connectivity index (χ0v) is 16.1. The zero-order chi connectivity index (χ0) is 19.0. The van der Waals surface area contributed by atoms with Crippen molar-refractivity contribution in [2.45, 2.75) is 30.8 Å². The smallest absolute Gasteiger partial charge is 0.184 e. The number of fused-ring (bicyclic) bond motifs is 2. The van der Waals surface area contributed by atoms with Crippen molar-refractivity contribution in [3.8, 4) is 0 Å². The average molecular weight is 379 g/mol. The standard InChI is InChI=1S/C17H22FN5O2S/c1-9-6-21(4)7-12-8-26(24,25)15-13-16(19-10(2)14(15)18)22(5)11(3)20-17(13)23(9)12/h9,12H,3,6-8H2,1-2,4-5H3. The van der Waals surface area contributed by atoms with E-state index in [0.29, 0.717) is 24.0 Å². The Morgan fingerprint density at radius 2 is 1.96 bits per heavy atom. The summed E-state index contributed by atoms with van der Waals surface area (Å²) in [4.78, 5) is 14.4. The quantitative estimate of drug-likeness (QED) is 0.670. The van der Waals surface area contributed by atoms with Crippen molar-refractivity contribution in [1.82, 2.24) is 14.8 Å². The first-order valence-corrected chi connectivity index (χ1v) is 10.2. The molecule has 9 heteroatoms. The fourth-order valence-electron chi connectivity index (χ4n) is 4.21. The van der Waals surface area contributed by atoms with Gasteiger partial charge in [0.05, 0.1) is 23.1 Å². The molecule has 0 aromatic carbocycles. The number of aryl methyl sites for hydroxylation is 1. The van der Waals surface area contributed by atoms with Crippen LogP contribution >= 0.6 is 0 Å². The lowest BCUT2D eigenvalue weighted by atomic mass is 10.0. The summed E-state index contributed by atoms with van der Waals surface area (Å²) in [6.45, 7) is 8.81. The number of rotatable bonds is 0. The van der Waals surface area contributed by atoms with Crippen LogP contribution in [-0.2, 0) is 9.84 Å². The molecule has 0 aliphatic carbocycles. The summed E-state index contributed by atoms with van der Waals surface area (Å²) in [5, 5.41) is 0. The largest absolute Gasteiger partial charge is 0.347 e. The number of anilines is 1. The van der Waals surface area contributed by atoms with Crippen LogP contribution in [0.5, 0.6) is 0 Å². The highest BCUT2D eigenvalue weighted by molar-refractivity contribution is 7.91. The van der Waals surface area contributed by atoms with Crippen LogP contribution in [-0.4, -0.2) is 74.1 Å². The first-order chi connectivity index (χ1) is 12.1. The Kier molecular flexibility index (Phi) is 3.68. The van der Waals surface area contributed by atoms with Gasteiger partial charge in [-0.15, -0.1) is 0 Å². The molecule has 3 aliphatic heterocycles. The van der Waals surface area contributed by atoms with Gasteiger partial charge in [-0.1, -0.05) is 6.58 Å². The molecular formula is C17H22FN5O2S. The molecule has 0 radical (unpaired) electrons. The SMILES string of the molecule is C=C1N=C2c3c(nc(C)c(F)c3S(=O)(=O)CC3CN(C)CC(C)N23)N1C. The van der Waals surface area contributed by atoms with Gasteiger partial charge in [0, 0.05) is 26.2 Å². The van der Waals surface area contributed by atoms with Crippen LogP contribution in [0.1, 0.15) is 18.2 Å². The molecular weight excluding hydrogens is 357 g/mol. The van der Waals surface area contributed by atoms with Crippen molar-refractivity contribution in [2.75, 3.05) is 37.8 Å².